The van der Waals surface area contributed by atoms with Crippen LogP contribution in [-0.4, -0.2) is 25.3 Å². The van der Waals surface area contributed by atoms with Gasteiger partial charge in [0, 0.05) is 11.3 Å². The molecule has 0 bridgehead atoms. The van der Waals surface area contributed by atoms with Crippen molar-refractivity contribution in [3.05, 3.63) is 54.1 Å². The molecule has 0 heterocycles. The molecule has 2 aromatic rings. The van der Waals surface area contributed by atoms with E-state index in [1.54, 1.807) is 0 Å². The molecule has 0 saturated heterocycles. The van der Waals surface area contributed by atoms with Crippen molar-refractivity contribution in [1.82, 2.24) is 0 Å². The number of hydrogen-bond donors (Lipinski definition) is 4. The van der Waals surface area contributed by atoms with E-state index in [9.17, 15) is 11.7 Å². The average Bonchev–Trinajstić information content (AvgIpc) is 2.43. The second kappa shape index (κ2) is 12.3. The third-order valence-electron chi connectivity index (χ3n) is 2.32. The zero-order valence-electron chi connectivity index (χ0n) is 14.7. The van der Waals surface area contributed by atoms with Gasteiger partial charge in [0.1, 0.15) is 0 Å². The van der Waals surface area contributed by atoms with E-state index in [4.69, 9.17) is 31.0 Å². The number of nitrogen functional groups attached to an aromatic ring is 1. The van der Waals surface area contributed by atoms with Gasteiger partial charge < -0.3 is 5.73 Å². The molecule has 0 spiro atoms. The molecule has 0 unspecified atom stereocenters. The molecule has 2 aromatic carbocycles. The van der Waals surface area contributed by atoms with E-state index < -0.39 is 31.2 Å². The van der Waals surface area contributed by atoms with Crippen LogP contribution in [0.3, 0.4) is 0 Å². The molecule has 0 radical (unpaired) electrons. The molecule has 0 amide bonds. The second-order valence-corrected chi connectivity index (χ2v) is 7.73. The molecule has 0 aliphatic heterocycles. The Morgan fingerprint density at radius 1 is 0.655 bits per heavy atom. The van der Waals surface area contributed by atoms with E-state index in [2.05, 4.69) is 46.6 Å². The van der Waals surface area contributed by atoms with Crippen molar-refractivity contribution in [3.63, 3.8) is 0 Å². The van der Waals surface area contributed by atoms with E-state index >= 15 is 0 Å². The van der Waals surface area contributed by atoms with Crippen LogP contribution in [0.5, 0.6) is 0 Å². The fourth-order valence-corrected chi connectivity index (χ4v) is 1.49. The summed E-state index contributed by atoms with van der Waals surface area (Å²) in [7, 11) is -14.0. The number of nitrogens with two attached hydrogens (primary N) is 4. The van der Waals surface area contributed by atoms with E-state index in [-0.39, 0.29) is 0 Å². The van der Waals surface area contributed by atoms with Gasteiger partial charge in [-0.05, 0) is 18.6 Å². The Kier molecular flexibility index (Phi) is 12.3. The molecule has 0 saturated carbocycles. The number of rotatable bonds is 1. The van der Waals surface area contributed by atoms with Crippen LogP contribution in [0.4, 0.5) is 17.3 Å². The van der Waals surface area contributed by atoms with Crippen LogP contribution in [0.1, 0.15) is 5.56 Å². The van der Waals surface area contributed by atoms with E-state index in [0.717, 1.165) is 11.3 Å². The van der Waals surface area contributed by atoms with Crippen LogP contribution in [-0.2, 0) is 31.2 Å². The summed E-state index contributed by atoms with van der Waals surface area (Å²) in [6, 6.07) is 16.3. The maximum Gasteiger partial charge on any atom is 0.369 e. The lowest BCUT2D eigenvalue weighted by atomic mass is 10.0. The molecule has 0 aromatic heterocycles. The van der Waals surface area contributed by atoms with Crippen molar-refractivity contribution < 1.29 is 36.9 Å². The monoisotopic (exact) mass is 480 g/mol. The first-order valence-corrected chi connectivity index (χ1v) is 11.2. The van der Waals surface area contributed by atoms with Crippen LogP contribution in [0.15, 0.2) is 48.5 Å². The lowest BCUT2D eigenvalue weighted by molar-refractivity contribution is 0.551. The summed E-state index contributed by atoms with van der Waals surface area (Å²) in [5.74, 6) is 0. The van der Waals surface area contributed by atoms with E-state index in [1.807, 2.05) is 24.3 Å². The van der Waals surface area contributed by atoms with E-state index in [1.165, 1.54) is 11.1 Å². The van der Waals surface area contributed by atoms with Crippen molar-refractivity contribution in [2.75, 3.05) is 5.73 Å². The maximum atomic E-state index is 10.4. The number of aryl methyl sites for hydroxylation is 1. The highest BCUT2D eigenvalue weighted by Crippen LogP contribution is 2.25. The van der Waals surface area contributed by atoms with E-state index in [0.29, 0.717) is 0 Å². The molecule has 29 heavy (non-hydrogen) atoms. The van der Waals surface area contributed by atoms with Gasteiger partial charge in [-0.1, -0.05) is 59.7 Å². The lowest BCUT2D eigenvalue weighted by Crippen LogP contribution is -2.01. The number of benzene rings is 2. The van der Waals surface area contributed by atoms with Gasteiger partial charge in [0.15, 0.2) is 0 Å². The Labute approximate surface area is 167 Å². The first-order chi connectivity index (χ1) is 12.8. The predicted molar refractivity (Wildman–Crippen MR) is 104 cm³/mol. The minimum absolute atomic E-state index is 0.830. The lowest BCUT2D eigenvalue weighted by Gasteiger charge is -2.05. The fourth-order valence-electron chi connectivity index (χ4n) is 1.49. The quantitative estimate of drug-likeness (QED) is 0.339. The topological polar surface area (TPSA) is 206 Å². The molecule has 8 N–H and O–H groups in total. The standard InChI is InChI=1S/C13H13N.3FH2NO2S/c1-10-6-8-11(9-7-10)12-4-2-3-5-13(12)14;3*1-5(2,3)4/h2-9H,14H2,1H3;3*(H2,2,3,4). The predicted octanol–water partition coefficient (Wildman–Crippen LogP) is 0.722. The number of halogens is 3. The first kappa shape index (κ1) is 29.0. The van der Waals surface area contributed by atoms with Gasteiger partial charge in [-0.15, -0.1) is 0 Å². The Bertz CT molecular complexity index is 982. The second-order valence-electron chi connectivity index (χ2n) is 4.88. The highest BCUT2D eigenvalue weighted by molar-refractivity contribution is 7.84. The Balaban J connectivity index is 0. The van der Waals surface area contributed by atoms with Crippen molar-refractivity contribution in [2.45, 2.75) is 6.92 Å². The summed E-state index contributed by atoms with van der Waals surface area (Å²) in [6.07, 6.45) is 0. The van der Waals surface area contributed by atoms with Crippen LogP contribution in [0, 0.1) is 6.92 Å². The minimum atomic E-state index is -4.67. The smallest absolute Gasteiger partial charge is 0.369 e. The zero-order chi connectivity index (χ0) is 23.5. The third-order valence-corrected chi connectivity index (χ3v) is 2.32. The summed E-state index contributed by atoms with van der Waals surface area (Å²) >= 11 is 0. The van der Waals surface area contributed by atoms with Crippen LogP contribution >= 0.6 is 0 Å². The van der Waals surface area contributed by atoms with Gasteiger partial charge in [0.2, 0.25) is 0 Å². The molecule has 0 aliphatic carbocycles. The molecule has 16 heteroatoms. The maximum absolute atomic E-state index is 10.4. The number of anilines is 1. The fraction of sp³-hybridized carbons (Fsp3) is 0.0769. The Morgan fingerprint density at radius 3 is 1.28 bits per heavy atom. The van der Waals surface area contributed by atoms with Gasteiger partial charge in [-0.3, -0.25) is 0 Å². The summed E-state index contributed by atoms with van der Waals surface area (Å²) < 4.78 is 83.8. The summed E-state index contributed by atoms with van der Waals surface area (Å²) in [4.78, 5) is 0. The third kappa shape index (κ3) is 28.1. The summed E-state index contributed by atoms with van der Waals surface area (Å²) in [6.45, 7) is 2.08. The molecular weight excluding hydrogens is 461 g/mol. The Hall–Kier alpha value is -2.24. The highest BCUT2D eigenvalue weighted by Gasteiger charge is 1.99. The number of hydrogen-bond acceptors (Lipinski definition) is 7. The molecule has 10 nitrogen and oxygen atoms in total. The number of para-hydroxylation sites is 1. The van der Waals surface area contributed by atoms with Crippen molar-refractivity contribution in [3.8, 4) is 11.1 Å². The van der Waals surface area contributed by atoms with Gasteiger partial charge in [0.25, 0.3) is 0 Å². The minimum Gasteiger partial charge on any atom is -0.398 e. The normalized spacial score (nSPS) is 10.9. The van der Waals surface area contributed by atoms with Crippen LogP contribution in [0.25, 0.3) is 11.1 Å². The summed E-state index contributed by atoms with van der Waals surface area (Å²) in [5, 5.41) is 11.0. The van der Waals surface area contributed by atoms with Crippen molar-refractivity contribution in [2.24, 2.45) is 15.4 Å². The van der Waals surface area contributed by atoms with Gasteiger partial charge in [-0.2, -0.15) is 25.3 Å². The van der Waals surface area contributed by atoms with Gasteiger partial charge in [0.05, 0.1) is 0 Å². The van der Waals surface area contributed by atoms with Gasteiger partial charge in [-0.25, -0.2) is 15.4 Å². The zero-order valence-corrected chi connectivity index (χ0v) is 17.2. The van der Waals surface area contributed by atoms with Crippen molar-refractivity contribution >= 4 is 36.9 Å². The van der Waals surface area contributed by atoms with Crippen molar-refractivity contribution in [1.29, 1.82) is 0 Å². The van der Waals surface area contributed by atoms with Crippen LogP contribution < -0.4 is 21.2 Å². The molecule has 166 valence electrons. The van der Waals surface area contributed by atoms with Gasteiger partial charge >= 0.3 is 31.2 Å². The largest absolute Gasteiger partial charge is 0.398 e. The first-order valence-electron chi connectivity index (χ1n) is 6.86. The summed E-state index contributed by atoms with van der Waals surface area (Å²) in [5.41, 5.74) is 10.3. The SMILES string of the molecule is Cc1ccc(-c2ccccc2N)cc1.NS(=O)(=O)F.NS(=O)(=O)F.NS(=O)(=O)F. The average molecular weight is 481 g/mol. The van der Waals surface area contributed by atoms with Crippen LogP contribution in [0.2, 0.25) is 0 Å². The molecule has 2 rings (SSSR count). The molecule has 0 aliphatic rings. The molecule has 0 fully saturated rings. The highest BCUT2D eigenvalue weighted by atomic mass is 32.3. The molecule has 0 atom stereocenters. The Morgan fingerprint density at radius 2 is 0.966 bits per heavy atom. The molecular formula is C13H19F3N4O6S3.